The van der Waals surface area contributed by atoms with Gasteiger partial charge in [0.25, 0.3) is 0 Å². The smallest absolute Gasteiger partial charge is 0.237 e. The number of pyridine rings is 1. The van der Waals surface area contributed by atoms with Crippen molar-refractivity contribution in [1.82, 2.24) is 4.57 Å². The molecule has 1 aliphatic heterocycles. The molecule has 3 rings (SSSR count). The molecule has 1 aromatic heterocycles. The van der Waals surface area contributed by atoms with E-state index in [0.717, 1.165) is 19.3 Å². The van der Waals surface area contributed by atoms with Gasteiger partial charge in [-0.15, -0.1) is 0 Å². The Morgan fingerprint density at radius 2 is 2.14 bits per heavy atom. The lowest BCUT2D eigenvalue weighted by Gasteiger charge is -2.50. The lowest BCUT2D eigenvalue weighted by Crippen LogP contribution is -2.54. The largest absolute Gasteiger partial charge is 0.491 e. The first-order valence-electron chi connectivity index (χ1n) is 7.10. The number of nitrogens with zero attached hydrogens (tertiary/aromatic N) is 1. The van der Waals surface area contributed by atoms with E-state index in [1.54, 1.807) is 13.3 Å². The summed E-state index contributed by atoms with van der Waals surface area (Å²) in [5, 5.41) is 11.0. The normalized spacial score (nSPS) is 34.4. The van der Waals surface area contributed by atoms with Crippen LogP contribution in [0.2, 0.25) is 0 Å². The number of rotatable bonds is 2. The van der Waals surface area contributed by atoms with E-state index in [4.69, 9.17) is 9.47 Å². The molecule has 21 heavy (non-hydrogen) atoms. The number of aliphatic hydroxyl groups is 1. The number of fused-ring (bicyclic) bond motifs is 2. The molecule has 1 N–H and O–H groups in total. The third kappa shape index (κ3) is 1.79. The second-order valence-electron chi connectivity index (χ2n) is 6.22. The van der Waals surface area contributed by atoms with Crippen molar-refractivity contribution in [2.24, 2.45) is 5.41 Å². The zero-order valence-electron chi connectivity index (χ0n) is 12.5. The number of halogens is 1. The Labute approximate surface area is 132 Å². The van der Waals surface area contributed by atoms with Crippen molar-refractivity contribution in [2.75, 3.05) is 14.2 Å². The van der Waals surface area contributed by atoms with Crippen LogP contribution in [0.5, 0.6) is 5.75 Å². The van der Waals surface area contributed by atoms with Crippen molar-refractivity contribution in [3.8, 4) is 5.75 Å². The molecule has 1 saturated carbocycles. The van der Waals surface area contributed by atoms with Crippen LogP contribution in [-0.4, -0.2) is 29.5 Å². The van der Waals surface area contributed by atoms with Crippen LogP contribution in [0.1, 0.15) is 38.0 Å². The first-order chi connectivity index (χ1) is 9.90. The molecule has 1 aliphatic carbocycles. The maximum absolute atomic E-state index is 12.2. The molecule has 1 aromatic rings. The van der Waals surface area contributed by atoms with E-state index < -0.39 is 17.1 Å². The summed E-state index contributed by atoms with van der Waals surface area (Å²) in [6.45, 7) is 2.66. The number of aromatic nitrogens is 1. The molecule has 1 fully saturated rings. The van der Waals surface area contributed by atoms with E-state index in [2.05, 4.69) is 15.9 Å². The maximum atomic E-state index is 12.2. The summed E-state index contributed by atoms with van der Waals surface area (Å²) in [7, 11) is 3.17. The highest BCUT2D eigenvalue weighted by Crippen LogP contribution is 2.59. The average Bonchev–Trinajstić information content (AvgIpc) is 2.80. The molecule has 0 amide bonds. The molecule has 6 heteroatoms. The monoisotopic (exact) mass is 357 g/mol. The van der Waals surface area contributed by atoms with Gasteiger partial charge in [0.2, 0.25) is 5.43 Å². The number of methoxy groups -OCH3 is 2. The van der Waals surface area contributed by atoms with Crippen LogP contribution < -0.4 is 10.2 Å². The van der Waals surface area contributed by atoms with Crippen LogP contribution in [-0.2, 0) is 11.3 Å². The minimum absolute atomic E-state index is 0.217. The lowest BCUT2D eigenvalue weighted by molar-refractivity contribution is -0.164. The molecule has 5 nitrogen and oxygen atoms in total. The SMILES string of the molecule is COc1c2n(cc(Br)c1=O)CC1(OC)CCCC1(C)C2O. The molecule has 0 spiro atoms. The van der Waals surface area contributed by atoms with E-state index in [1.807, 2.05) is 11.5 Å². The third-order valence-electron chi connectivity index (χ3n) is 5.44. The Hall–Kier alpha value is -0.850. The van der Waals surface area contributed by atoms with Gasteiger partial charge in [0.05, 0.1) is 29.4 Å². The third-order valence-corrected chi connectivity index (χ3v) is 6.00. The standard InChI is InChI=1S/C15H20BrNO4/c1-14-5-4-6-15(14,21-3)8-17-7-9(16)11(18)12(20-2)10(17)13(14)19/h7,13,19H,4-6,8H2,1-3H3. The summed E-state index contributed by atoms with van der Waals surface area (Å²) in [6.07, 6.45) is 3.72. The molecular formula is C15H20BrNO4. The fourth-order valence-electron chi connectivity index (χ4n) is 4.11. The van der Waals surface area contributed by atoms with E-state index in [0.29, 0.717) is 16.7 Å². The van der Waals surface area contributed by atoms with Crippen LogP contribution in [0, 0.1) is 5.41 Å². The number of aliphatic hydroxyl groups excluding tert-OH is 1. The van der Waals surface area contributed by atoms with Gasteiger partial charge in [-0.3, -0.25) is 4.79 Å². The number of hydrogen-bond donors (Lipinski definition) is 1. The Morgan fingerprint density at radius 1 is 1.43 bits per heavy atom. The quantitative estimate of drug-likeness (QED) is 0.881. The highest BCUT2D eigenvalue weighted by Gasteiger charge is 2.60. The summed E-state index contributed by atoms with van der Waals surface area (Å²) in [5.74, 6) is 0.217. The minimum Gasteiger partial charge on any atom is -0.491 e. The zero-order chi connectivity index (χ0) is 15.4. The van der Waals surface area contributed by atoms with Crippen molar-refractivity contribution >= 4 is 15.9 Å². The van der Waals surface area contributed by atoms with Gasteiger partial charge >= 0.3 is 0 Å². The van der Waals surface area contributed by atoms with Crippen LogP contribution in [0.25, 0.3) is 0 Å². The second-order valence-corrected chi connectivity index (χ2v) is 7.08. The van der Waals surface area contributed by atoms with Gasteiger partial charge in [0.15, 0.2) is 5.75 Å². The molecule has 2 aliphatic rings. The summed E-state index contributed by atoms with van der Waals surface area (Å²) in [5.41, 5.74) is -0.481. The second kappa shape index (κ2) is 4.83. The summed E-state index contributed by atoms with van der Waals surface area (Å²) in [6, 6.07) is 0. The average molecular weight is 358 g/mol. The molecule has 3 unspecified atom stereocenters. The van der Waals surface area contributed by atoms with Crippen molar-refractivity contribution in [2.45, 2.75) is 44.4 Å². The van der Waals surface area contributed by atoms with E-state index in [9.17, 15) is 9.90 Å². The van der Waals surface area contributed by atoms with E-state index in [1.165, 1.54) is 7.11 Å². The van der Waals surface area contributed by atoms with Crippen LogP contribution in [0.3, 0.4) is 0 Å². The Kier molecular flexibility index (Phi) is 3.46. The van der Waals surface area contributed by atoms with Gasteiger partial charge in [-0.1, -0.05) is 6.92 Å². The van der Waals surface area contributed by atoms with Crippen molar-refractivity contribution in [3.63, 3.8) is 0 Å². The maximum Gasteiger partial charge on any atom is 0.237 e. The van der Waals surface area contributed by atoms with E-state index >= 15 is 0 Å². The van der Waals surface area contributed by atoms with Gasteiger partial charge in [-0.2, -0.15) is 0 Å². The summed E-state index contributed by atoms with van der Waals surface area (Å²) < 4.78 is 13.5. The summed E-state index contributed by atoms with van der Waals surface area (Å²) in [4.78, 5) is 12.2. The van der Waals surface area contributed by atoms with Gasteiger partial charge < -0.3 is 19.1 Å². The Bertz CT molecular complexity index is 643. The fraction of sp³-hybridized carbons (Fsp3) is 0.667. The fourth-order valence-corrected chi connectivity index (χ4v) is 4.53. The topological polar surface area (TPSA) is 60.7 Å². The first-order valence-corrected chi connectivity index (χ1v) is 7.89. The molecule has 2 heterocycles. The molecular weight excluding hydrogens is 338 g/mol. The number of hydrogen-bond acceptors (Lipinski definition) is 4. The van der Waals surface area contributed by atoms with E-state index in [-0.39, 0.29) is 11.2 Å². The number of ether oxygens (including phenoxy) is 2. The molecule has 0 bridgehead atoms. The van der Waals surface area contributed by atoms with Gasteiger partial charge in [0.1, 0.15) is 6.10 Å². The molecule has 0 saturated heterocycles. The predicted molar refractivity (Wildman–Crippen MR) is 81.6 cm³/mol. The van der Waals surface area contributed by atoms with Gasteiger partial charge in [-0.25, -0.2) is 0 Å². The highest BCUT2D eigenvalue weighted by atomic mass is 79.9. The lowest BCUT2D eigenvalue weighted by atomic mass is 9.68. The Balaban J connectivity index is 2.28. The predicted octanol–water partition coefficient (Wildman–Crippen LogP) is 2.24. The van der Waals surface area contributed by atoms with Gasteiger partial charge in [0, 0.05) is 18.7 Å². The minimum atomic E-state index is -0.788. The molecule has 3 atom stereocenters. The van der Waals surface area contributed by atoms with Crippen LogP contribution >= 0.6 is 15.9 Å². The first kappa shape index (κ1) is 15.1. The summed E-state index contributed by atoms with van der Waals surface area (Å²) >= 11 is 3.28. The van der Waals surface area contributed by atoms with Crippen molar-refractivity contribution in [1.29, 1.82) is 0 Å². The van der Waals surface area contributed by atoms with Crippen LogP contribution in [0.15, 0.2) is 15.5 Å². The van der Waals surface area contributed by atoms with Crippen molar-refractivity contribution < 1.29 is 14.6 Å². The van der Waals surface area contributed by atoms with Crippen LogP contribution in [0.4, 0.5) is 0 Å². The highest BCUT2D eigenvalue weighted by molar-refractivity contribution is 9.10. The molecule has 0 aromatic carbocycles. The molecule has 116 valence electrons. The molecule has 0 radical (unpaired) electrons. The van der Waals surface area contributed by atoms with Gasteiger partial charge in [-0.05, 0) is 35.2 Å². The Morgan fingerprint density at radius 3 is 2.76 bits per heavy atom. The van der Waals surface area contributed by atoms with Crippen molar-refractivity contribution in [3.05, 3.63) is 26.6 Å². The zero-order valence-corrected chi connectivity index (χ0v) is 14.1.